The zero-order valence-electron chi connectivity index (χ0n) is 12.1. The van der Waals surface area contributed by atoms with Crippen LogP contribution in [0.15, 0.2) is 36.5 Å². The van der Waals surface area contributed by atoms with Gasteiger partial charge in [0.15, 0.2) is 0 Å². The van der Waals surface area contributed by atoms with Crippen LogP contribution in [0.4, 0.5) is 17.5 Å². The summed E-state index contributed by atoms with van der Waals surface area (Å²) in [5.41, 5.74) is 0.892. The van der Waals surface area contributed by atoms with E-state index in [2.05, 4.69) is 20.6 Å². The molecular weight excluding hydrogens is 252 g/mol. The van der Waals surface area contributed by atoms with Crippen LogP contribution < -0.4 is 15.4 Å². The third kappa shape index (κ3) is 3.85. The summed E-state index contributed by atoms with van der Waals surface area (Å²) >= 11 is 0. The third-order valence-electron chi connectivity index (χ3n) is 2.52. The molecule has 5 heteroatoms. The van der Waals surface area contributed by atoms with Gasteiger partial charge >= 0.3 is 0 Å². The number of para-hydroxylation sites is 2. The number of rotatable bonds is 6. The minimum atomic E-state index is 0.293. The minimum Gasteiger partial charge on any atom is -0.492 e. The van der Waals surface area contributed by atoms with E-state index in [1.54, 1.807) is 6.20 Å². The van der Waals surface area contributed by atoms with Crippen LogP contribution >= 0.6 is 0 Å². The molecule has 2 rings (SSSR count). The molecule has 1 aromatic carbocycles. The van der Waals surface area contributed by atoms with Gasteiger partial charge in [-0.05, 0) is 39.0 Å². The maximum absolute atomic E-state index is 5.58. The summed E-state index contributed by atoms with van der Waals surface area (Å²) < 4.78 is 5.58. The molecule has 1 aromatic heterocycles. The predicted molar refractivity (Wildman–Crippen MR) is 81.7 cm³/mol. The van der Waals surface area contributed by atoms with Gasteiger partial charge in [-0.1, -0.05) is 12.1 Å². The molecule has 0 unspecified atom stereocenters. The fourth-order valence-corrected chi connectivity index (χ4v) is 1.75. The van der Waals surface area contributed by atoms with Crippen molar-refractivity contribution in [3.8, 4) is 5.75 Å². The fourth-order valence-electron chi connectivity index (χ4n) is 1.75. The van der Waals surface area contributed by atoms with Gasteiger partial charge in [0.25, 0.3) is 0 Å². The van der Waals surface area contributed by atoms with Crippen LogP contribution in [-0.2, 0) is 0 Å². The summed E-state index contributed by atoms with van der Waals surface area (Å²) in [7, 11) is 0. The van der Waals surface area contributed by atoms with Crippen molar-refractivity contribution in [1.82, 2.24) is 9.97 Å². The quantitative estimate of drug-likeness (QED) is 0.843. The summed E-state index contributed by atoms with van der Waals surface area (Å²) in [6.07, 6.45) is 1.73. The third-order valence-corrected chi connectivity index (χ3v) is 2.52. The molecule has 0 atom stereocenters. The van der Waals surface area contributed by atoms with E-state index in [1.165, 1.54) is 0 Å². The number of aromatic nitrogens is 2. The number of benzene rings is 1. The Morgan fingerprint density at radius 1 is 1.20 bits per heavy atom. The Morgan fingerprint density at radius 3 is 2.75 bits per heavy atom. The highest BCUT2D eigenvalue weighted by Gasteiger charge is 2.05. The van der Waals surface area contributed by atoms with E-state index in [1.807, 2.05) is 51.1 Å². The van der Waals surface area contributed by atoms with Gasteiger partial charge in [-0.15, -0.1) is 0 Å². The number of nitrogens with zero attached hydrogens (tertiary/aromatic N) is 2. The number of ether oxygens (including phenoxy) is 1. The molecule has 2 N–H and O–H groups in total. The van der Waals surface area contributed by atoms with Crippen molar-refractivity contribution >= 4 is 17.5 Å². The van der Waals surface area contributed by atoms with E-state index in [9.17, 15) is 0 Å². The molecule has 0 amide bonds. The van der Waals surface area contributed by atoms with Crippen LogP contribution in [0.2, 0.25) is 0 Å². The predicted octanol–water partition coefficient (Wildman–Crippen LogP) is 3.44. The normalized spacial score (nSPS) is 10.4. The van der Waals surface area contributed by atoms with Crippen molar-refractivity contribution in [3.05, 3.63) is 36.5 Å². The van der Waals surface area contributed by atoms with Crippen LogP contribution in [0.25, 0.3) is 0 Å². The van der Waals surface area contributed by atoms with Crippen LogP contribution in [0, 0.1) is 0 Å². The van der Waals surface area contributed by atoms with E-state index in [0.717, 1.165) is 17.3 Å². The van der Waals surface area contributed by atoms with Gasteiger partial charge in [0.05, 0.1) is 12.3 Å². The molecule has 5 nitrogen and oxygen atoms in total. The fraction of sp³-hybridized carbons (Fsp3) is 0.333. The average molecular weight is 272 g/mol. The molecule has 0 fully saturated rings. The molecule has 106 valence electrons. The molecule has 2 aromatic rings. The molecule has 0 saturated carbocycles. The summed E-state index contributed by atoms with van der Waals surface area (Å²) in [6, 6.07) is 9.92. The molecular formula is C15H20N4O. The molecule has 0 aliphatic heterocycles. The maximum atomic E-state index is 5.58. The first-order valence-electron chi connectivity index (χ1n) is 6.77. The van der Waals surface area contributed by atoms with Crippen molar-refractivity contribution in [2.24, 2.45) is 0 Å². The average Bonchev–Trinajstić information content (AvgIpc) is 2.41. The van der Waals surface area contributed by atoms with E-state index >= 15 is 0 Å². The van der Waals surface area contributed by atoms with Crippen LogP contribution in [0.5, 0.6) is 5.75 Å². The van der Waals surface area contributed by atoms with E-state index in [0.29, 0.717) is 18.6 Å². The second kappa shape index (κ2) is 6.75. The van der Waals surface area contributed by atoms with Gasteiger partial charge in [0.2, 0.25) is 5.95 Å². The molecule has 0 bridgehead atoms. The van der Waals surface area contributed by atoms with Crippen LogP contribution in [-0.4, -0.2) is 22.6 Å². The van der Waals surface area contributed by atoms with Crippen molar-refractivity contribution < 1.29 is 4.74 Å². The Labute approximate surface area is 119 Å². The number of hydrogen-bond acceptors (Lipinski definition) is 5. The summed E-state index contributed by atoms with van der Waals surface area (Å²) in [4.78, 5) is 8.61. The first-order valence-corrected chi connectivity index (χ1v) is 6.77. The second-order valence-electron chi connectivity index (χ2n) is 4.62. The zero-order valence-corrected chi connectivity index (χ0v) is 12.1. The van der Waals surface area contributed by atoms with E-state index in [4.69, 9.17) is 4.74 Å². The lowest BCUT2D eigenvalue weighted by molar-refractivity contribution is 0.342. The van der Waals surface area contributed by atoms with E-state index in [-0.39, 0.29) is 0 Å². The monoisotopic (exact) mass is 272 g/mol. The van der Waals surface area contributed by atoms with Gasteiger partial charge < -0.3 is 15.4 Å². The minimum absolute atomic E-state index is 0.293. The summed E-state index contributed by atoms with van der Waals surface area (Å²) in [5.74, 6) is 2.15. The molecule has 0 aliphatic rings. The second-order valence-corrected chi connectivity index (χ2v) is 4.62. The van der Waals surface area contributed by atoms with Gasteiger partial charge in [0, 0.05) is 12.2 Å². The van der Waals surface area contributed by atoms with Crippen molar-refractivity contribution in [2.45, 2.75) is 26.8 Å². The molecule has 20 heavy (non-hydrogen) atoms. The van der Waals surface area contributed by atoms with Crippen LogP contribution in [0.1, 0.15) is 20.8 Å². The Hall–Kier alpha value is -2.30. The molecule has 0 radical (unpaired) electrons. The smallest absolute Gasteiger partial charge is 0.224 e. The number of anilines is 3. The van der Waals surface area contributed by atoms with E-state index < -0.39 is 0 Å². The van der Waals surface area contributed by atoms with Crippen molar-refractivity contribution in [3.63, 3.8) is 0 Å². The first-order chi connectivity index (χ1) is 9.69. The molecule has 1 heterocycles. The summed E-state index contributed by atoms with van der Waals surface area (Å²) in [5, 5.41) is 6.43. The first kappa shape index (κ1) is 14.1. The standard InChI is InChI=1S/C15H20N4O/c1-4-20-13-8-6-5-7-12(13)18-14-9-10-16-15(19-14)17-11(2)3/h5-11H,4H2,1-3H3,(H2,16,17,18,19). The highest BCUT2D eigenvalue weighted by molar-refractivity contribution is 5.64. The lowest BCUT2D eigenvalue weighted by Gasteiger charge is -2.13. The Kier molecular flexibility index (Phi) is 4.76. The maximum Gasteiger partial charge on any atom is 0.224 e. The lowest BCUT2D eigenvalue weighted by Crippen LogP contribution is -2.12. The molecule has 0 saturated heterocycles. The summed E-state index contributed by atoms with van der Waals surface area (Å²) in [6.45, 7) is 6.69. The molecule has 0 spiro atoms. The van der Waals surface area contributed by atoms with Gasteiger partial charge in [0.1, 0.15) is 11.6 Å². The highest BCUT2D eigenvalue weighted by Crippen LogP contribution is 2.26. The Bertz CT molecular complexity index is 557. The SMILES string of the molecule is CCOc1ccccc1Nc1ccnc(NC(C)C)n1. The zero-order chi connectivity index (χ0) is 14.4. The van der Waals surface area contributed by atoms with Crippen LogP contribution in [0.3, 0.4) is 0 Å². The highest BCUT2D eigenvalue weighted by atomic mass is 16.5. The Morgan fingerprint density at radius 2 is 2.00 bits per heavy atom. The number of nitrogens with one attached hydrogen (secondary N) is 2. The van der Waals surface area contributed by atoms with Crippen molar-refractivity contribution in [1.29, 1.82) is 0 Å². The van der Waals surface area contributed by atoms with Gasteiger partial charge in [-0.2, -0.15) is 4.98 Å². The topological polar surface area (TPSA) is 59.1 Å². The lowest BCUT2D eigenvalue weighted by atomic mass is 10.3. The largest absolute Gasteiger partial charge is 0.492 e. The molecule has 0 aliphatic carbocycles. The number of hydrogen-bond donors (Lipinski definition) is 2. The Balaban J connectivity index is 2.17. The van der Waals surface area contributed by atoms with Gasteiger partial charge in [-0.3, -0.25) is 0 Å². The van der Waals surface area contributed by atoms with Crippen molar-refractivity contribution in [2.75, 3.05) is 17.2 Å². The van der Waals surface area contributed by atoms with Gasteiger partial charge in [-0.25, -0.2) is 4.98 Å².